The molecule has 8 heteroatoms. The average molecular weight is 243 g/mol. The maximum atomic E-state index is 8.55. The van der Waals surface area contributed by atoms with Gasteiger partial charge in [-0.3, -0.25) is 0 Å². The Morgan fingerprint density at radius 3 is 2.71 bits per heavy atom. The molecule has 0 bridgehead atoms. The van der Waals surface area contributed by atoms with Crippen molar-refractivity contribution in [3.63, 3.8) is 0 Å². The summed E-state index contributed by atoms with van der Waals surface area (Å²) in [5, 5.41) is 8.55. The Labute approximate surface area is 99.4 Å². The Bertz CT molecular complexity index is 349. The number of likely N-dealkylation sites (N-methyl/N-ethyl adjacent to an activating group) is 1. The second-order valence-electron chi connectivity index (χ2n) is 3.24. The van der Waals surface area contributed by atoms with Crippen LogP contribution < -0.4 is 15.4 Å². The zero-order chi connectivity index (χ0) is 12.7. The van der Waals surface area contributed by atoms with E-state index in [4.69, 9.17) is 20.3 Å². The third kappa shape index (κ3) is 4.37. The number of aliphatic hydroxyl groups is 1. The minimum Gasteiger partial charge on any atom is -0.467 e. The highest BCUT2D eigenvalue weighted by Crippen LogP contribution is 2.11. The van der Waals surface area contributed by atoms with Crippen LogP contribution in [0.15, 0.2) is 0 Å². The van der Waals surface area contributed by atoms with Gasteiger partial charge in [0.1, 0.15) is 0 Å². The molecule has 0 unspecified atom stereocenters. The molecule has 0 amide bonds. The third-order valence-corrected chi connectivity index (χ3v) is 1.95. The van der Waals surface area contributed by atoms with Crippen LogP contribution in [0.4, 0.5) is 11.9 Å². The quantitative estimate of drug-likeness (QED) is 0.582. The number of aliphatic hydroxyl groups excluding tert-OH is 1. The third-order valence-electron chi connectivity index (χ3n) is 1.95. The van der Waals surface area contributed by atoms with Crippen LogP contribution in [0.3, 0.4) is 0 Å². The molecule has 1 heterocycles. The topological polar surface area (TPSA) is 107 Å². The molecule has 0 aromatic carbocycles. The van der Waals surface area contributed by atoms with E-state index in [-0.39, 0.29) is 18.6 Å². The Balaban J connectivity index is 2.55. The first-order chi connectivity index (χ1) is 8.17. The summed E-state index contributed by atoms with van der Waals surface area (Å²) in [6, 6.07) is 0.177. The smallest absolute Gasteiger partial charge is 0.322 e. The van der Waals surface area contributed by atoms with Crippen molar-refractivity contribution in [1.82, 2.24) is 15.0 Å². The molecule has 0 aliphatic rings. The van der Waals surface area contributed by atoms with Crippen molar-refractivity contribution in [2.75, 3.05) is 51.2 Å². The zero-order valence-electron chi connectivity index (χ0n) is 9.96. The minimum absolute atomic E-state index is 0.0102. The molecule has 0 aliphatic heterocycles. The Kier molecular flexibility index (Phi) is 5.37. The van der Waals surface area contributed by atoms with Crippen molar-refractivity contribution in [1.29, 1.82) is 0 Å². The number of nitrogens with zero attached hydrogens (tertiary/aromatic N) is 4. The number of rotatable bonds is 7. The summed E-state index contributed by atoms with van der Waals surface area (Å²) in [6.45, 7) is 1.37. The van der Waals surface area contributed by atoms with Gasteiger partial charge in [-0.2, -0.15) is 15.0 Å². The molecule has 17 heavy (non-hydrogen) atoms. The fourth-order valence-corrected chi connectivity index (χ4v) is 1.09. The molecule has 1 aromatic rings. The number of nitrogens with two attached hydrogens (primary N) is 1. The van der Waals surface area contributed by atoms with E-state index in [0.717, 1.165) is 0 Å². The first kappa shape index (κ1) is 13.4. The summed E-state index contributed by atoms with van der Waals surface area (Å²) in [7, 11) is 3.26. The van der Waals surface area contributed by atoms with E-state index in [0.29, 0.717) is 25.7 Å². The number of methoxy groups -OCH3 is 1. The van der Waals surface area contributed by atoms with Crippen molar-refractivity contribution >= 4 is 11.9 Å². The van der Waals surface area contributed by atoms with Gasteiger partial charge in [0, 0.05) is 13.6 Å². The monoisotopic (exact) mass is 243 g/mol. The molecule has 8 nitrogen and oxygen atoms in total. The minimum atomic E-state index is 0.0102. The van der Waals surface area contributed by atoms with Crippen LogP contribution in [0.5, 0.6) is 6.01 Å². The maximum Gasteiger partial charge on any atom is 0.322 e. The first-order valence-corrected chi connectivity index (χ1v) is 5.12. The molecule has 1 rings (SSSR count). The van der Waals surface area contributed by atoms with E-state index in [1.165, 1.54) is 7.11 Å². The fraction of sp³-hybridized carbons (Fsp3) is 0.667. The van der Waals surface area contributed by atoms with E-state index in [1.54, 1.807) is 11.9 Å². The number of nitrogen functional groups attached to an aromatic ring is 1. The van der Waals surface area contributed by atoms with Gasteiger partial charge in [0.05, 0.1) is 26.9 Å². The normalized spacial score (nSPS) is 10.3. The van der Waals surface area contributed by atoms with Crippen LogP contribution in [0.25, 0.3) is 0 Å². The van der Waals surface area contributed by atoms with E-state index in [2.05, 4.69) is 15.0 Å². The summed E-state index contributed by atoms with van der Waals surface area (Å²) in [6.07, 6.45) is 0. The van der Waals surface area contributed by atoms with Gasteiger partial charge >= 0.3 is 6.01 Å². The summed E-state index contributed by atoms with van der Waals surface area (Å²) < 4.78 is 10.0. The van der Waals surface area contributed by atoms with Gasteiger partial charge in [-0.25, -0.2) is 0 Å². The lowest BCUT2D eigenvalue weighted by Crippen LogP contribution is -2.25. The van der Waals surface area contributed by atoms with Gasteiger partial charge in [-0.15, -0.1) is 0 Å². The number of hydrogen-bond donors (Lipinski definition) is 2. The lowest BCUT2D eigenvalue weighted by molar-refractivity contribution is 0.0970. The molecule has 1 aromatic heterocycles. The average Bonchev–Trinajstić information content (AvgIpc) is 2.33. The second-order valence-corrected chi connectivity index (χ2v) is 3.24. The standard InChI is InChI=1S/C9H17N5O3/c1-14(3-5-17-6-4-15)8-11-7(10)12-9(13-8)16-2/h15H,3-6H2,1-2H3,(H2,10,11,12,13). The zero-order valence-corrected chi connectivity index (χ0v) is 9.96. The van der Waals surface area contributed by atoms with Crippen LogP contribution in [0, 0.1) is 0 Å². The molecule has 0 radical (unpaired) electrons. The number of ether oxygens (including phenoxy) is 2. The SMILES string of the molecule is COc1nc(N)nc(N(C)CCOCCO)n1. The van der Waals surface area contributed by atoms with Crippen molar-refractivity contribution in [2.45, 2.75) is 0 Å². The van der Waals surface area contributed by atoms with E-state index in [1.807, 2.05) is 0 Å². The van der Waals surface area contributed by atoms with Gasteiger partial charge in [-0.05, 0) is 0 Å². The van der Waals surface area contributed by atoms with E-state index in [9.17, 15) is 0 Å². The lowest BCUT2D eigenvalue weighted by atomic mass is 10.6. The molecule has 0 saturated carbocycles. The summed E-state index contributed by atoms with van der Waals surface area (Å²) in [5.74, 6) is 0.525. The fourth-order valence-electron chi connectivity index (χ4n) is 1.09. The Morgan fingerprint density at radius 1 is 1.29 bits per heavy atom. The molecule has 0 spiro atoms. The summed E-state index contributed by atoms with van der Waals surface area (Å²) in [4.78, 5) is 13.6. The molecular weight excluding hydrogens is 226 g/mol. The predicted octanol–water partition coefficient (Wildman–Crippen LogP) is -1.09. The van der Waals surface area contributed by atoms with Gasteiger partial charge in [0.15, 0.2) is 0 Å². The molecule has 0 aliphatic carbocycles. The van der Waals surface area contributed by atoms with Gasteiger partial charge in [0.2, 0.25) is 11.9 Å². The van der Waals surface area contributed by atoms with Crippen LogP contribution in [-0.2, 0) is 4.74 Å². The molecular formula is C9H17N5O3. The molecule has 0 saturated heterocycles. The lowest BCUT2D eigenvalue weighted by Gasteiger charge is -2.17. The van der Waals surface area contributed by atoms with Gasteiger partial charge in [-0.1, -0.05) is 0 Å². The van der Waals surface area contributed by atoms with Crippen molar-refractivity contribution in [3.8, 4) is 6.01 Å². The molecule has 96 valence electrons. The molecule has 0 atom stereocenters. The highest BCUT2D eigenvalue weighted by Gasteiger charge is 2.08. The van der Waals surface area contributed by atoms with Crippen LogP contribution in [0.1, 0.15) is 0 Å². The van der Waals surface area contributed by atoms with Crippen molar-refractivity contribution < 1.29 is 14.6 Å². The van der Waals surface area contributed by atoms with Crippen molar-refractivity contribution in [3.05, 3.63) is 0 Å². The van der Waals surface area contributed by atoms with Crippen LogP contribution in [0.2, 0.25) is 0 Å². The molecule has 0 fully saturated rings. The van der Waals surface area contributed by atoms with Gasteiger partial charge < -0.3 is 25.2 Å². The van der Waals surface area contributed by atoms with Crippen molar-refractivity contribution in [2.24, 2.45) is 0 Å². The molecule has 3 N–H and O–H groups in total. The highest BCUT2D eigenvalue weighted by atomic mass is 16.5. The van der Waals surface area contributed by atoms with Crippen LogP contribution >= 0.6 is 0 Å². The van der Waals surface area contributed by atoms with E-state index >= 15 is 0 Å². The number of aromatic nitrogens is 3. The van der Waals surface area contributed by atoms with E-state index < -0.39 is 0 Å². The largest absolute Gasteiger partial charge is 0.467 e. The van der Waals surface area contributed by atoms with Crippen LogP contribution in [-0.4, -0.2) is 60.6 Å². The Hall–Kier alpha value is -1.67. The first-order valence-electron chi connectivity index (χ1n) is 5.12. The maximum absolute atomic E-state index is 8.55. The second kappa shape index (κ2) is 6.81. The summed E-state index contributed by atoms with van der Waals surface area (Å²) >= 11 is 0. The number of hydrogen-bond acceptors (Lipinski definition) is 8. The Morgan fingerprint density at radius 2 is 2.06 bits per heavy atom. The highest BCUT2D eigenvalue weighted by molar-refractivity contribution is 5.34. The predicted molar refractivity (Wildman–Crippen MR) is 62.0 cm³/mol. The number of anilines is 2. The van der Waals surface area contributed by atoms with Gasteiger partial charge in [0.25, 0.3) is 0 Å². The summed E-state index contributed by atoms with van der Waals surface area (Å²) in [5.41, 5.74) is 5.52.